The molecule has 0 amide bonds. The van der Waals surface area contributed by atoms with Crippen molar-refractivity contribution in [1.29, 1.82) is 0 Å². The lowest BCUT2D eigenvalue weighted by Crippen LogP contribution is -1.95. The lowest BCUT2D eigenvalue weighted by atomic mass is 9.97. The molecule has 0 nitrogen and oxygen atoms in total. The summed E-state index contributed by atoms with van der Waals surface area (Å²) in [6, 6.07) is 23.1. The second-order valence-electron chi connectivity index (χ2n) is 8.74. The Kier molecular flexibility index (Phi) is 9.34. The van der Waals surface area contributed by atoms with Crippen LogP contribution in [0.4, 0.5) is 4.39 Å². The third-order valence-electron chi connectivity index (χ3n) is 6.16. The van der Waals surface area contributed by atoms with Gasteiger partial charge >= 0.3 is 0 Å². The summed E-state index contributed by atoms with van der Waals surface area (Å²) >= 11 is 0. The van der Waals surface area contributed by atoms with Gasteiger partial charge in [-0.25, -0.2) is 4.39 Å². The summed E-state index contributed by atoms with van der Waals surface area (Å²) in [5, 5.41) is 0. The van der Waals surface area contributed by atoms with Crippen molar-refractivity contribution >= 4 is 0 Å². The van der Waals surface area contributed by atoms with Crippen LogP contribution in [-0.2, 0) is 25.7 Å². The molecule has 164 valence electrons. The number of aryl methyl sites for hydroxylation is 4. The fourth-order valence-corrected chi connectivity index (χ4v) is 4.12. The van der Waals surface area contributed by atoms with Crippen molar-refractivity contribution in [2.45, 2.75) is 78.1 Å². The highest BCUT2D eigenvalue weighted by Gasteiger charge is 2.07. The Hall–Kier alpha value is -2.41. The molecule has 0 radical (unpaired) electrons. The molecule has 0 N–H and O–H groups in total. The first-order valence-electron chi connectivity index (χ1n) is 12.1. The van der Waals surface area contributed by atoms with Crippen LogP contribution >= 0.6 is 0 Å². The van der Waals surface area contributed by atoms with Crippen LogP contribution < -0.4 is 0 Å². The molecule has 3 aromatic carbocycles. The minimum Gasteiger partial charge on any atom is -0.206 e. The van der Waals surface area contributed by atoms with Gasteiger partial charge in [-0.2, -0.15) is 0 Å². The van der Waals surface area contributed by atoms with E-state index in [4.69, 9.17) is 0 Å². The van der Waals surface area contributed by atoms with Crippen molar-refractivity contribution < 1.29 is 4.39 Å². The first-order valence-corrected chi connectivity index (χ1v) is 12.1. The van der Waals surface area contributed by atoms with E-state index in [-0.39, 0.29) is 5.82 Å². The summed E-state index contributed by atoms with van der Waals surface area (Å²) in [4.78, 5) is 0. The smallest absolute Gasteiger partial charge is 0.131 e. The second kappa shape index (κ2) is 12.4. The molecule has 0 aliphatic heterocycles. The van der Waals surface area contributed by atoms with Gasteiger partial charge in [0.2, 0.25) is 0 Å². The molecule has 0 aliphatic rings. The number of hydrogen-bond acceptors (Lipinski definition) is 0. The van der Waals surface area contributed by atoms with Crippen molar-refractivity contribution in [2.24, 2.45) is 0 Å². The molecule has 3 rings (SSSR count). The third kappa shape index (κ3) is 7.35. The number of unbranched alkanes of at least 4 members (excludes halogenated alkanes) is 4. The second-order valence-corrected chi connectivity index (χ2v) is 8.74. The zero-order valence-corrected chi connectivity index (χ0v) is 19.3. The molecule has 1 heteroatoms. The lowest BCUT2D eigenvalue weighted by molar-refractivity contribution is 0.628. The SMILES string of the molecule is CCCCCc1ccc(CCc2ccc(-c3ccc(CCCCC)cc3)c(F)c2)cc1. The Labute approximate surface area is 188 Å². The molecule has 0 saturated carbocycles. The van der Waals surface area contributed by atoms with Gasteiger partial charge in [-0.05, 0) is 72.4 Å². The molecule has 0 fully saturated rings. The van der Waals surface area contributed by atoms with Gasteiger partial charge in [-0.3, -0.25) is 0 Å². The molecule has 31 heavy (non-hydrogen) atoms. The van der Waals surface area contributed by atoms with Crippen LogP contribution in [-0.4, -0.2) is 0 Å². The number of halogens is 1. The topological polar surface area (TPSA) is 0 Å². The van der Waals surface area contributed by atoms with Gasteiger partial charge in [0.1, 0.15) is 5.82 Å². The Morgan fingerprint density at radius 1 is 0.516 bits per heavy atom. The first kappa shape index (κ1) is 23.3. The zero-order valence-electron chi connectivity index (χ0n) is 19.3. The van der Waals surface area contributed by atoms with Gasteiger partial charge in [0.05, 0.1) is 0 Å². The molecule has 3 aromatic rings. The maximum atomic E-state index is 14.8. The summed E-state index contributed by atoms with van der Waals surface area (Å²) in [6.45, 7) is 4.46. The summed E-state index contributed by atoms with van der Waals surface area (Å²) in [5.74, 6) is -0.123. The quantitative estimate of drug-likeness (QED) is 0.259. The van der Waals surface area contributed by atoms with Crippen LogP contribution in [0.2, 0.25) is 0 Å². The number of rotatable bonds is 12. The fourth-order valence-electron chi connectivity index (χ4n) is 4.12. The van der Waals surface area contributed by atoms with Gasteiger partial charge < -0.3 is 0 Å². The molecule has 0 bridgehead atoms. The van der Waals surface area contributed by atoms with Crippen LogP contribution in [0.5, 0.6) is 0 Å². The normalized spacial score (nSPS) is 11.1. The van der Waals surface area contributed by atoms with Gasteiger partial charge in [0.15, 0.2) is 0 Å². The number of hydrogen-bond donors (Lipinski definition) is 0. The Bertz CT molecular complexity index is 906. The molecule has 0 atom stereocenters. The van der Waals surface area contributed by atoms with Crippen LogP contribution in [0.15, 0.2) is 66.7 Å². The lowest BCUT2D eigenvalue weighted by Gasteiger charge is -2.09. The van der Waals surface area contributed by atoms with Gasteiger partial charge in [-0.15, -0.1) is 0 Å². The summed E-state index contributed by atoms with van der Waals surface area (Å²) in [5.41, 5.74) is 6.80. The minimum atomic E-state index is -0.123. The summed E-state index contributed by atoms with van der Waals surface area (Å²) in [6.07, 6.45) is 11.6. The Morgan fingerprint density at radius 3 is 1.48 bits per heavy atom. The van der Waals surface area contributed by atoms with Crippen LogP contribution in [0, 0.1) is 5.82 Å². The first-order chi connectivity index (χ1) is 15.2. The average molecular weight is 417 g/mol. The maximum absolute atomic E-state index is 14.8. The van der Waals surface area contributed by atoms with E-state index in [1.807, 2.05) is 6.07 Å². The van der Waals surface area contributed by atoms with E-state index in [9.17, 15) is 4.39 Å². The standard InChI is InChI=1S/C30H37F/c1-3-5-7-9-24-11-13-26(14-12-24)15-16-27-19-22-29(30(31)23-27)28-20-17-25(18-21-28)10-8-6-4-2/h11-14,17-23H,3-10,15-16H2,1-2H3. The minimum absolute atomic E-state index is 0.123. The van der Waals surface area contributed by atoms with Gasteiger partial charge in [0.25, 0.3) is 0 Å². The molecule has 0 saturated heterocycles. The predicted octanol–water partition coefficient (Wildman–Crippen LogP) is 8.74. The van der Waals surface area contributed by atoms with E-state index < -0.39 is 0 Å². The largest absolute Gasteiger partial charge is 0.206 e. The highest BCUT2D eigenvalue weighted by atomic mass is 19.1. The van der Waals surface area contributed by atoms with Crippen molar-refractivity contribution in [3.63, 3.8) is 0 Å². The van der Waals surface area contributed by atoms with E-state index in [0.717, 1.165) is 30.4 Å². The third-order valence-corrected chi connectivity index (χ3v) is 6.16. The molecular formula is C30H37F. The van der Waals surface area contributed by atoms with E-state index in [1.54, 1.807) is 6.07 Å². The van der Waals surface area contributed by atoms with Crippen LogP contribution in [0.3, 0.4) is 0 Å². The van der Waals surface area contributed by atoms with Crippen molar-refractivity contribution in [3.8, 4) is 11.1 Å². The van der Waals surface area contributed by atoms with E-state index in [0.29, 0.717) is 5.56 Å². The number of benzene rings is 3. The van der Waals surface area contributed by atoms with Crippen LogP contribution in [0.1, 0.15) is 74.6 Å². The highest BCUT2D eigenvalue weighted by molar-refractivity contribution is 5.64. The summed E-state index contributed by atoms with van der Waals surface area (Å²) < 4.78 is 14.8. The monoisotopic (exact) mass is 416 g/mol. The Balaban J connectivity index is 1.55. The molecule has 0 aliphatic carbocycles. The highest BCUT2D eigenvalue weighted by Crippen LogP contribution is 2.25. The van der Waals surface area contributed by atoms with Gasteiger partial charge in [0, 0.05) is 5.56 Å². The van der Waals surface area contributed by atoms with Crippen LogP contribution in [0.25, 0.3) is 11.1 Å². The van der Waals surface area contributed by atoms with Crippen molar-refractivity contribution in [1.82, 2.24) is 0 Å². The molecule has 0 heterocycles. The van der Waals surface area contributed by atoms with Crippen molar-refractivity contribution in [3.05, 3.63) is 94.8 Å². The summed E-state index contributed by atoms with van der Waals surface area (Å²) in [7, 11) is 0. The van der Waals surface area contributed by atoms with Gasteiger partial charge in [-0.1, -0.05) is 100 Å². The Morgan fingerprint density at radius 2 is 0.968 bits per heavy atom. The van der Waals surface area contributed by atoms with E-state index in [1.165, 1.54) is 61.6 Å². The van der Waals surface area contributed by atoms with E-state index >= 15 is 0 Å². The fraction of sp³-hybridized carbons (Fsp3) is 0.400. The van der Waals surface area contributed by atoms with Crippen molar-refractivity contribution in [2.75, 3.05) is 0 Å². The molecule has 0 spiro atoms. The zero-order chi connectivity index (χ0) is 21.9. The maximum Gasteiger partial charge on any atom is 0.131 e. The average Bonchev–Trinajstić information content (AvgIpc) is 2.80. The van der Waals surface area contributed by atoms with E-state index in [2.05, 4.69) is 68.4 Å². The molecule has 0 unspecified atom stereocenters. The molecular weight excluding hydrogens is 379 g/mol. The molecule has 0 aromatic heterocycles. The predicted molar refractivity (Wildman–Crippen MR) is 132 cm³/mol.